The first-order chi connectivity index (χ1) is 12.0. The summed E-state index contributed by atoms with van der Waals surface area (Å²) in [6.45, 7) is -0.346. The van der Waals surface area contributed by atoms with E-state index >= 15 is 0 Å². The Kier molecular flexibility index (Phi) is 7.06. The van der Waals surface area contributed by atoms with E-state index in [-0.39, 0.29) is 25.0 Å². The van der Waals surface area contributed by atoms with Crippen molar-refractivity contribution < 1.29 is 19.1 Å². The molecule has 1 fully saturated rings. The van der Waals surface area contributed by atoms with Gasteiger partial charge in [-0.2, -0.15) is 0 Å². The Balaban J connectivity index is 1.87. The molecule has 0 unspecified atom stereocenters. The summed E-state index contributed by atoms with van der Waals surface area (Å²) in [5, 5.41) is 5.70. The zero-order valence-corrected chi connectivity index (χ0v) is 14.6. The van der Waals surface area contributed by atoms with E-state index in [1.807, 2.05) is 0 Å². The molecule has 7 nitrogen and oxygen atoms in total. The number of hydrogen-bond donors (Lipinski definition) is 3. The van der Waals surface area contributed by atoms with Gasteiger partial charge in [-0.1, -0.05) is 42.6 Å². The molecule has 4 N–H and O–H groups in total. The number of rotatable bonds is 7. The highest BCUT2D eigenvalue weighted by molar-refractivity contribution is 6.31. The number of carbonyl (C=O) groups is 3. The maximum Gasteiger partial charge on any atom is 0.312 e. The van der Waals surface area contributed by atoms with Crippen LogP contribution in [0.1, 0.15) is 43.7 Å². The number of benzene rings is 1. The molecule has 8 heteroatoms. The first-order valence-electron chi connectivity index (χ1n) is 8.21. The highest BCUT2D eigenvalue weighted by Gasteiger charge is 2.22. The smallest absolute Gasteiger partial charge is 0.312 e. The summed E-state index contributed by atoms with van der Waals surface area (Å²) in [6, 6.07) is 5.46. The second-order valence-electron chi connectivity index (χ2n) is 6.00. The monoisotopic (exact) mass is 367 g/mol. The number of nitrogens with one attached hydrogen (secondary N) is 2. The highest BCUT2D eigenvalue weighted by Crippen LogP contribution is 2.25. The van der Waals surface area contributed by atoms with Crippen LogP contribution in [0.15, 0.2) is 24.3 Å². The van der Waals surface area contributed by atoms with Gasteiger partial charge in [0.2, 0.25) is 0 Å². The van der Waals surface area contributed by atoms with Crippen molar-refractivity contribution in [2.75, 3.05) is 6.61 Å². The van der Waals surface area contributed by atoms with E-state index in [9.17, 15) is 14.4 Å². The summed E-state index contributed by atoms with van der Waals surface area (Å²) in [7, 11) is 0. The van der Waals surface area contributed by atoms with Gasteiger partial charge in [0.15, 0.2) is 6.61 Å². The van der Waals surface area contributed by atoms with Gasteiger partial charge in [0, 0.05) is 11.1 Å². The van der Waals surface area contributed by atoms with Gasteiger partial charge in [-0.3, -0.25) is 9.59 Å². The van der Waals surface area contributed by atoms with E-state index in [0.717, 1.165) is 25.7 Å². The van der Waals surface area contributed by atoms with Gasteiger partial charge < -0.3 is 21.1 Å². The third kappa shape index (κ3) is 6.26. The number of esters is 1. The van der Waals surface area contributed by atoms with Gasteiger partial charge >= 0.3 is 12.0 Å². The van der Waals surface area contributed by atoms with Crippen molar-refractivity contribution in [3.8, 4) is 0 Å². The van der Waals surface area contributed by atoms with Crippen molar-refractivity contribution in [2.24, 2.45) is 5.73 Å². The molecule has 0 bridgehead atoms. The van der Waals surface area contributed by atoms with E-state index in [4.69, 9.17) is 22.1 Å². The zero-order valence-electron chi connectivity index (χ0n) is 13.8. The SMILES string of the molecule is NC(=O)N[C@H](CC(=O)OCC(=O)NC1CCCC1)c1ccccc1Cl. The summed E-state index contributed by atoms with van der Waals surface area (Å²) < 4.78 is 5.00. The average Bonchev–Trinajstić information content (AvgIpc) is 3.05. The molecule has 1 aliphatic rings. The lowest BCUT2D eigenvalue weighted by molar-refractivity contribution is -0.149. The maximum absolute atomic E-state index is 12.0. The van der Waals surface area contributed by atoms with Crippen LogP contribution in [-0.2, 0) is 14.3 Å². The van der Waals surface area contributed by atoms with Gasteiger partial charge in [0.1, 0.15) is 0 Å². The van der Waals surface area contributed by atoms with Crippen LogP contribution >= 0.6 is 11.6 Å². The van der Waals surface area contributed by atoms with Crippen molar-refractivity contribution in [2.45, 2.75) is 44.2 Å². The fourth-order valence-corrected chi connectivity index (χ4v) is 3.15. The van der Waals surface area contributed by atoms with E-state index in [0.29, 0.717) is 10.6 Å². The van der Waals surface area contributed by atoms with Gasteiger partial charge in [-0.05, 0) is 24.5 Å². The van der Waals surface area contributed by atoms with Crippen LogP contribution in [0, 0.1) is 0 Å². The van der Waals surface area contributed by atoms with Crippen molar-refractivity contribution in [3.63, 3.8) is 0 Å². The summed E-state index contributed by atoms with van der Waals surface area (Å²) in [5.41, 5.74) is 5.71. The Bertz CT molecular complexity index is 632. The van der Waals surface area contributed by atoms with Crippen LogP contribution in [0.4, 0.5) is 4.79 Å². The molecule has 1 atom stereocenters. The molecule has 136 valence electrons. The lowest BCUT2D eigenvalue weighted by Crippen LogP contribution is -2.37. The minimum Gasteiger partial charge on any atom is -0.456 e. The first-order valence-corrected chi connectivity index (χ1v) is 8.59. The molecule has 0 radical (unpaired) electrons. The second kappa shape index (κ2) is 9.27. The van der Waals surface area contributed by atoms with Crippen LogP contribution in [0.3, 0.4) is 0 Å². The van der Waals surface area contributed by atoms with Crippen molar-refractivity contribution >= 4 is 29.5 Å². The number of hydrogen-bond acceptors (Lipinski definition) is 4. The van der Waals surface area contributed by atoms with E-state index in [1.165, 1.54) is 0 Å². The zero-order chi connectivity index (χ0) is 18.2. The van der Waals surface area contributed by atoms with E-state index < -0.39 is 18.0 Å². The summed E-state index contributed by atoms with van der Waals surface area (Å²) >= 11 is 6.10. The molecular weight excluding hydrogens is 346 g/mol. The summed E-state index contributed by atoms with van der Waals surface area (Å²) in [5.74, 6) is -0.947. The number of ether oxygens (including phenoxy) is 1. The molecule has 0 heterocycles. The van der Waals surface area contributed by atoms with Crippen LogP contribution in [0.2, 0.25) is 5.02 Å². The molecule has 25 heavy (non-hydrogen) atoms. The molecule has 2 rings (SSSR count). The van der Waals surface area contributed by atoms with Gasteiger partial charge in [0.05, 0.1) is 12.5 Å². The second-order valence-corrected chi connectivity index (χ2v) is 6.40. The molecule has 1 saturated carbocycles. The Hall–Kier alpha value is -2.28. The molecular formula is C17H22ClN3O4. The van der Waals surface area contributed by atoms with Crippen LogP contribution < -0.4 is 16.4 Å². The lowest BCUT2D eigenvalue weighted by atomic mass is 10.0. The molecule has 0 aromatic heterocycles. The van der Waals surface area contributed by atoms with Gasteiger partial charge in [0.25, 0.3) is 5.91 Å². The van der Waals surface area contributed by atoms with Crippen molar-refractivity contribution in [1.29, 1.82) is 0 Å². The van der Waals surface area contributed by atoms with Crippen LogP contribution in [0.25, 0.3) is 0 Å². The number of nitrogens with two attached hydrogens (primary N) is 1. The Morgan fingerprint density at radius 2 is 1.92 bits per heavy atom. The molecule has 1 aromatic carbocycles. The van der Waals surface area contributed by atoms with E-state index in [1.54, 1.807) is 24.3 Å². The summed E-state index contributed by atoms with van der Waals surface area (Å²) in [4.78, 5) is 35.0. The van der Waals surface area contributed by atoms with Gasteiger partial charge in [-0.25, -0.2) is 4.79 Å². The molecule has 1 aliphatic carbocycles. The molecule has 1 aromatic rings. The first kappa shape index (κ1) is 19.1. The number of urea groups is 1. The largest absolute Gasteiger partial charge is 0.456 e. The van der Waals surface area contributed by atoms with Crippen molar-refractivity contribution in [1.82, 2.24) is 10.6 Å². The fourth-order valence-electron chi connectivity index (χ4n) is 2.88. The normalized spacial score (nSPS) is 15.4. The number of primary amides is 1. The highest BCUT2D eigenvalue weighted by atomic mass is 35.5. The molecule has 3 amide bonds. The number of halogens is 1. The standard InChI is InChI=1S/C17H22ClN3O4/c18-13-8-4-3-7-12(13)14(21-17(19)24)9-16(23)25-10-15(22)20-11-5-1-2-6-11/h3-4,7-8,11,14H,1-2,5-6,9-10H2,(H,20,22)(H3,19,21,24)/t14-/m1/s1. The van der Waals surface area contributed by atoms with Crippen LogP contribution in [-0.4, -0.2) is 30.6 Å². The Morgan fingerprint density at radius 1 is 1.24 bits per heavy atom. The van der Waals surface area contributed by atoms with Gasteiger partial charge in [-0.15, -0.1) is 0 Å². The van der Waals surface area contributed by atoms with Crippen LogP contribution in [0.5, 0.6) is 0 Å². The molecule has 0 spiro atoms. The number of carbonyl (C=O) groups excluding carboxylic acids is 3. The third-order valence-electron chi connectivity index (χ3n) is 4.05. The third-order valence-corrected chi connectivity index (χ3v) is 4.40. The molecule has 0 saturated heterocycles. The topological polar surface area (TPSA) is 111 Å². The average molecular weight is 368 g/mol. The number of amides is 3. The van der Waals surface area contributed by atoms with E-state index in [2.05, 4.69) is 10.6 Å². The maximum atomic E-state index is 12.0. The minimum absolute atomic E-state index is 0.165. The lowest BCUT2D eigenvalue weighted by Gasteiger charge is -2.18. The predicted molar refractivity (Wildman–Crippen MR) is 92.9 cm³/mol. The van der Waals surface area contributed by atoms with Crippen molar-refractivity contribution in [3.05, 3.63) is 34.9 Å². The Labute approximate surface area is 151 Å². The Morgan fingerprint density at radius 3 is 2.56 bits per heavy atom. The quantitative estimate of drug-likeness (QED) is 0.640. The minimum atomic E-state index is -0.781. The molecule has 0 aliphatic heterocycles. The predicted octanol–water partition coefficient (Wildman–Crippen LogP) is 2.04. The fraction of sp³-hybridized carbons (Fsp3) is 0.471. The summed E-state index contributed by atoms with van der Waals surface area (Å²) in [6.07, 6.45) is 3.93.